The number of carboxylic acid groups (broad SMARTS) is 1. The van der Waals surface area contributed by atoms with Gasteiger partial charge in [0.1, 0.15) is 0 Å². The van der Waals surface area contributed by atoms with Gasteiger partial charge in [-0.15, -0.1) is 0 Å². The summed E-state index contributed by atoms with van der Waals surface area (Å²) in [6, 6.07) is 0. The number of rotatable bonds is 4. The average Bonchev–Trinajstić information content (AvgIpc) is 1.82. The van der Waals surface area contributed by atoms with Gasteiger partial charge in [0.05, 0.1) is 6.61 Å². The molecule has 0 aromatic heterocycles. The van der Waals surface area contributed by atoms with E-state index in [1.807, 2.05) is 0 Å². The number of hydrogen-bond acceptors (Lipinski definition) is 3. The zero-order chi connectivity index (χ0) is 7.28. The lowest BCUT2D eigenvalue weighted by Gasteiger charge is -2.06. The fourth-order valence-electron chi connectivity index (χ4n) is 0.403. The molecule has 4 nitrogen and oxygen atoms in total. The van der Waals surface area contributed by atoms with E-state index in [0.717, 1.165) is 0 Å². The van der Waals surface area contributed by atoms with Crippen molar-refractivity contribution in [3.05, 3.63) is 0 Å². The SMILES string of the molecule is CCOC(CO)C(=O)O. The van der Waals surface area contributed by atoms with Crippen LogP contribution < -0.4 is 0 Å². The molecule has 0 saturated heterocycles. The molecule has 9 heavy (non-hydrogen) atoms. The van der Waals surface area contributed by atoms with Crippen molar-refractivity contribution in [1.29, 1.82) is 0 Å². The van der Waals surface area contributed by atoms with Crippen molar-refractivity contribution in [1.82, 2.24) is 0 Å². The van der Waals surface area contributed by atoms with Gasteiger partial charge in [0.15, 0.2) is 6.10 Å². The highest BCUT2D eigenvalue weighted by Crippen LogP contribution is 1.88. The number of aliphatic hydroxyl groups is 1. The second-order valence-corrected chi connectivity index (χ2v) is 1.46. The van der Waals surface area contributed by atoms with Crippen molar-refractivity contribution < 1.29 is 19.7 Å². The van der Waals surface area contributed by atoms with Gasteiger partial charge in [-0.1, -0.05) is 0 Å². The van der Waals surface area contributed by atoms with Gasteiger partial charge in [0.2, 0.25) is 0 Å². The van der Waals surface area contributed by atoms with E-state index in [2.05, 4.69) is 4.74 Å². The summed E-state index contributed by atoms with van der Waals surface area (Å²) in [5.41, 5.74) is 0. The normalized spacial score (nSPS) is 13.1. The third-order valence-electron chi connectivity index (χ3n) is 0.809. The van der Waals surface area contributed by atoms with E-state index in [0.29, 0.717) is 6.61 Å². The molecule has 0 aliphatic rings. The number of carboxylic acids is 1. The molecule has 0 heterocycles. The van der Waals surface area contributed by atoms with Gasteiger partial charge in [0.25, 0.3) is 0 Å². The Morgan fingerprint density at radius 1 is 1.78 bits per heavy atom. The third-order valence-corrected chi connectivity index (χ3v) is 0.809. The fraction of sp³-hybridized carbons (Fsp3) is 0.800. The molecule has 0 fully saturated rings. The fourth-order valence-corrected chi connectivity index (χ4v) is 0.403. The standard InChI is InChI=1S/C5H10O4/c1-2-9-4(3-6)5(7)8/h4,6H,2-3H2,1H3,(H,7,8). The molecular weight excluding hydrogens is 124 g/mol. The van der Waals surface area contributed by atoms with Gasteiger partial charge >= 0.3 is 5.97 Å². The first-order valence-corrected chi connectivity index (χ1v) is 2.67. The zero-order valence-electron chi connectivity index (χ0n) is 5.20. The molecule has 0 rings (SSSR count). The molecule has 2 N–H and O–H groups in total. The lowest BCUT2D eigenvalue weighted by atomic mass is 10.4. The van der Waals surface area contributed by atoms with Crippen LogP contribution in [0.15, 0.2) is 0 Å². The van der Waals surface area contributed by atoms with Crippen molar-refractivity contribution in [2.45, 2.75) is 13.0 Å². The largest absolute Gasteiger partial charge is 0.479 e. The van der Waals surface area contributed by atoms with Crippen molar-refractivity contribution in [3.8, 4) is 0 Å². The van der Waals surface area contributed by atoms with Gasteiger partial charge < -0.3 is 14.9 Å². The van der Waals surface area contributed by atoms with Gasteiger partial charge in [-0.05, 0) is 6.92 Å². The Labute approximate surface area is 53.1 Å². The summed E-state index contributed by atoms with van der Waals surface area (Å²) in [4.78, 5) is 10.0. The van der Waals surface area contributed by atoms with E-state index < -0.39 is 18.7 Å². The lowest BCUT2D eigenvalue weighted by molar-refractivity contribution is -0.152. The van der Waals surface area contributed by atoms with Crippen LogP contribution in [-0.4, -0.2) is 35.5 Å². The first-order chi connectivity index (χ1) is 4.22. The molecule has 0 aliphatic carbocycles. The average molecular weight is 134 g/mol. The summed E-state index contributed by atoms with van der Waals surface area (Å²) in [6.07, 6.45) is -1.06. The van der Waals surface area contributed by atoms with Crippen LogP contribution in [0.2, 0.25) is 0 Å². The summed E-state index contributed by atoms with van der Waals surface area (Å²) in [6.45, 7) is 1.51. The maximum atomic E-state index is 10.0. The van der Waals surface area contributed by atoms with Crippen LogP contribution in [0.4, 0.5) is 0 Å². The molecule has 4 heteroatoms. The Balaban J connectivity index is 3.54. The van der Waals surface area contributed by atoms with Gasteiger partial charge in [-0.2, -0.15) is 0 Å². The van der Waals surface area contributed by atoms with Crippen LogP contribution in [0.25, 0.3) is 0 Å². The van der Waals surface area contributed by atoms with E-state index in [1.54, 1.807) is 6.92 Å². The maximum Gasteiger partial charge on any atom is 0.335 e. The predicted molar refractivity (Wildman–Crippen MR) is 30.1 cm³/mol. The van der Waals surface area contributed by atoms with Gasteiger partial charge in [-0.25, -0.2) is 4.79 Å². The van der Waals surface area contributed by atoms with E-state index in [4.69, 9.17) is 10.2 Å². The minimum absolute atomic E-state index is 0.303. The number of ether oxygens (including phenoxy) is 1. The highest BCUT2D eigenvalue weighted by Gasteiger charge is 2.14. The topological polar surface area (TPSA) is 66.8 Å². The molecule has 0 spiro atoms. The summed E-state index contributed by atoms with van der Waals surface area (Å²) in [7, 11) is 0. The van der Waals surface area contributed by atoms with E-state index in [-0.39, 0.29) is 0 Å². The molecule has 1 atom stereocenters. The van der Waals surface area contributed by atoms with Crippen molar-refractivity contribution >= 4 is 5.97 Å². The molecule has 0 aliphatic heterocycles. The van der Waals surface area contributed by atoms with E-state index >= 15 is 0 Å². The van der Waals surface area contributed by atoms with Crippen LogP contribution in [0.1, 0.15) is 6.92 Å². The van der Waals surface area contributed by atoms with Crippen LogP contribution in [0.5, 0.6) is 0 Å². The third kappa shape index (κ3) is 3.05. The van der Waals surface area contributed by atoms with Crippen LogP contribution in [-0.2, 0) is 9.53 Å². The van der Waals surface area contributed by atoms with Crippen LogP contribution in [0.3, 0.4) is 0 Å². The van der Waals surface area contributed by atoms with Gasteiger partial charge in [0, 0.05) is 6.61 Å². The predicted octanol–water partition coefficient (Wildman–Crippen LogP) is -0.532. The Morgan fingerprint density at radius 2 is 2.33 bits per heavy atom. The molecule has 0 bridgehead atoms. The summed E-state index contributed by atoms with van der Waals surface area (Å²) in [5.74, 6) is -1.13. The quantitative estimate of drug-likeness (QED) is 0.542. The van der Waals surface area contributed by atoms with Crippen LogP contribution >= 0.6 is 0 Å². The molecular formula is C5H10O4. The maximum absolute atomic E-state index is 10.0. The molecule has 54 valence electrons. The monoisotopic (exact) mass is 134 g/mol. The second-order valence-electron chi connectivity index (χ2n) is 1.46. The molecule has 0 radical (unpaired) electrons. The zero-order valence-corrected chi connectivity index (χ0v) is 5.20. The van der Waals surface area contributed by atoms with Crippen molar-refractivity contribution in [3.63, 3.8) is 0 Å². The molecule has 0 saturated carbocycles. The molecule has 0 aromatic carbocycles. The Hall–Kier alpha value is -0.610. The highest BCUT2D eigenvalue weighted by atomic mass is 16.5. The molecule has 0 aromatic rings. The van der Waals surface area contributed by atoms with Crippen molar-refractivity contribution in [2.75, 3.05) is 13.2 Å². The van der Waals surface area contributed by atoms with Gasteiger partial charge in [-0.3, -0.25) is 0 Å². The number of hydrogen-bond donors (Lipinski definition) is 2. The Bertz CT molecular complexity index is 91.0. The Kier molecular flexibility index (Phi) is 4.00. The van der Waals surface area contributed by atoms with E-state index in [9.17, 15) is 4.79 Å². The first-order valence-electron chi connectivity index (χ1n) is 2.67. The smallest absolute Gasteiger partial charge is 0.335 e. The minimum Gasteiger partial charge on any atom is -0.479 e. The van der Waals surface area contributed by atoms with Crippen molar-refractivity contribution in [2.24, 2.45) is 0 Å². The number of carbonyl (C=O) groups is 1. The first kappa shape index (κ1) is 8.39. The Morgan fingerprint density at radius 3 is 2.44 bits per heavy atom. The summed E-state index contributed by atoms with van der Waals surface area (Å²) < 4.78 is 4.60. The summed E-state index contributed by atoms with van der Waals surface area (Å²) >= 11 is 0. The molecule has 1 unspecified atom stereocenters. The highest BCUT2D eigenvalue weighted by molar-refractivity contribution is 5.72. The van der Waals surface area contributed by atoms with E-state index in [1.165, 1.54) is 0 Å². The summed E-state index contributed by atoms with van der Waals surface area (Å²) in [5, 5.41) is 16.5. The molecule has 0 amide bonds. The second kappa shape index (κ2) is 4.29. The van der Waals surface area contributed by atoms with Crippen LogP contribution in [0, 0.1) is 0 Å². The number of aliphatic carboxylic acids is 1. The lowest BCUT2D eigenvalue weighted by Crippen LogP contribution is -2.27. The number of aliphatic hydroxyl groups excluding tert-OH is 1. The minimum atomic E-state index is -1.13.